The van der Waals surface area contributed by atoms with Gasteiger partial charge >= 0.3 is 0 Å². The lowest BCUT2D eigenvalue weighted by atomic mass is 9.99. The number of nitrogens with one attached hydrogen (secondary N) is 1. The molecule has 0 spiro atoms. The quantitative estimate of drug-likeness (QED) is 0.278. The fraction of sp³-hybridized carbons (Fsp3) is 0.588. The van der Waals surface area contributed by atoms with Crippen LogP contribution in [0.3, 0.4) is 0 Å². The Morgan fingerprint density at radius 2 is 2.04 bits per heavy atom. The Balaban J connectivity index is 0.00000312. The maximum atomic E-state index is 11.0. The molecule has 2 rings (SSSR count). The molecule has 1 aromatic carbocycles. The first-order valence-electron chi connectivity index (χ1n) is 8.25. The molecule has 6 nitrogen and oxygen atoms in total. The molecule has 1 N–H and O–H groups in total. The lowest BCUT2D eigenvalue weighted by Crippen LogP contribution is -2.41. The molecule has 8 heteroatoms. The van der Waals surface area contributed by atoms with Crippen LogP contribution in [0.5, 0.6) is 0 Å². The van der Waals surface area contributed by atoms with Gasteiger partial charge in [-0.15, -0.1) is 24.0 Å². The van der Waals surface area contributed by atoms with Gasteiger partial charge in [-0.25, -0.2) is 8.42 Å². The number of likely N-dealkylation sites (tertiary alicyclic amines) is 1. The van der Waals surface area contributed by atoms with Gasteiger partial charge in [0, 0.05) is 38.9 Å². The Morgan fingerprint density at radius 1 is 1.32 bits per heavy atom. The van der Waals surface area contributed by atoms with E-state index in [9.17, 15) is 8.42 Å². The number of hydrogen-bond donors (Lipinski definition) is 1. The van der Waals surface area contributed by atoms with Gasteiger partial charge in [0.15, 0.2) is 5.96 Å². The molecule has 1 fully saturated rings. The molecule has 1 aliphatic heterocycles. The predicted octanol–water partition coefficient (Wildman–Crippen LogP) is 1.73. The largest absolute Gasteiger partial charge is 0.379 e. The standard InChI is InChI=1S/C17H27N3O3S.HI/c1-18-17(19-9-11-23-12-13-24(2,21)22)20-10-8-16(14-20)15-6-4-3-5-7-15;/h3-7,16H,8-14H2,1-2H3,(H,18,19);1H. The van der Waals surface area contributed by atoms with Crippen molar-refractivity contribution < 1.29 is 13.2 Å². The summed E-state index contributed by atoms with van der Waals surface area (Å²) in [6, 6.07) is 10.6. The summed E-state index contributed by atoms with van der Waals surface area (Å²) >= 11 is 0. The molecular weight excluding hydrogens is 453 g/mol. The topological polar surface area (TPSA) is 71.0 Å². The highest BCUT2D eigenvalue weighted by Crippen LogP contribution is 2.26. The van der Waals surface area contributed by atoms with Crippen molar-refractivity contribution in [3.8, 4) is 0 Å². The maximum absolute atomic E-state index is 11.0. The van der Waals surface area contributed by atoms with Crippen LogP contribution >= 0.6 is 24.0 Å². The van der Waals surface area contributed by atoms with Crippen molar-refractivity contribution in [1.82, 2.24) is 10.2 Å². The van der Waals surface area contributed by atoms with Crippen LogP contribution in [0, 0.1) is 0 Å². The van der Waals surface area contributed by atoms with Crippen molar-refractivity contribution in [2.24, 2.45) is 4.99 Å². The first kappa shape index (κ1) is 22.2. The molecule has 1 aliphatic rings. The third-order valence-electron chi connectivity index (χ3n) is 4.10. The molecule has 0 saturated carbocycles. The molecule has 0 aromatic heterocycles. The number of ether oxygens (including phenoxy) is 1. The number of aliphatic imine (C=N–C) groups is 1. The minimum atomic E-state index is -2.96. The van der Waals surface area contributed by atoms with Gasteiger partial charge in [-0.3, -0.25) is 4.99 Å². The number of hydrogen-bond acceptors (Lipinski definition) is 4. The third-order valence-corrected chi connectivity index (χ3v) is 5.01. The van der Waals surface area contributed by atoms with Gasteiger partial charge in [0.05, 0.1) is 19.0 Å². The second kappa shape index (κ2) is 11.0. The van der Waals surface area contributed by atoms with E-state index in [1.807, 2.05) is 6.07 Å². The molecular formula is C17H28IN3O3S. The Kier molecular flexibility index (Phi) is 9.73. The summed E-state index contributed by atoms with van der Waals surface area (Å²) in [5, 5.41) is 3.28. The van der Waals surface area contributed by atoms with E-state index in [-0.39, 0.29) is 36.3 Å². The van der Waals surface area contributed by atoms with Crippen molar-refractivity contribution >= 4 is 39.8 Å². The van der Waals surface area contributed by atoms with Crippen molar-refractivity contribution in [3.05, 3.63) is 35.9 Å². The Morgan fingerprint density at radius 3 is 2.68 bits per heavy atom. The van der Waals surface area contributed by atoms with E-state index < -0.39 is 9.84 Å². The number of benzene rings is 1. The monoisotopic (exact) mass is 481 g/mol. The molecule has 1 unspecified atom stereocenters. The van der Waals surface area contributed by atoms with Crippen LogP contribution in [0.4, 0.5) is 0 Å². The second-order valence-electron chi connectivity index (χ2n) is 6.06. The van der Waals surface area contributed by atoms with Gasteiger partial charge in [-0.05, 0) is 12.0 Å². The van der Waals surface area contributed by atoms with Gasteiger partial charge in [-0.2, -0.15) is 0 Å². The van der Waals surface area contributed by atoms with E-state index >= 15 is 0 Å². The molecule has 142 valence electrons. The molecule has 0 amide bonds. The Hall–Kier alpha value is -0.870. The SMILES string of the molecule is CN=C(NCCOCCS(C)(=O)=O)N1CCC(c2ccccc2)C1.I. The predicted molar refractivity (Wildman–Crippen MR) is 113 cm³/mol. The summed E-state index contributed by atoms with van der Waals surface area (Å²) in [6.45, 7) is 3.25. The molecule has 1 heterocycles. The highest BCUT2D eigenvalue weighted by atomic mass is 127. The molecule has 0 bridgehead atoms. The van der Waals surface area contributed by atoms with Crippen LogP contribution in [-0.4, -0.2) is 71.2 Å². The summed E-state index contributed by atoms with van der Waals surface area (Å²) in [5.74, 6) is 1.47. The Labute approximate surface area is 168 Å². The number of guanidine groups is 1. The number of halogens is 1. The van der Waals surface area contributed by atoms with Gasteiger partial charge in [-0.1, -0.05) is 30.3 Å². The zero-order chi connectivity index (χ0) is 17.4. The van der Waals surface area contributed by atoms with Crippen LogP contribution in [0.15, 0.2) is 35.3 Å². The molecule has 1 atom stereocenters. The maximum Gasteiger partial charge on any atom is 0.193 e. The van der Waals surface area contributed by atoms with E-state index in [0.29, 0.717) is 19.1 Å². The van der Waals surface area contributed by atoms with Crippen LogP contribution < -0.4 is 5.32 Å². The van der Waals surface area contributed by atoms with Crippen molar-refractivity contribution in [1.29, 1.82) is 0 Å². The average Bonchev–Trinajstić information content (AvgIpc) is 3.04. The minimum Gasteiger partial charge on any atom is -0.379 e. The smallest absolute Gasteiger partial charge is 0.193 e. The van der Waals surface area contributed by atoms with E-state index in [2.05, 4.69) is 39.5 Å². The summed E-state index contributed by atoms with van der Waals surface area (Å²) in [6.07, 6.45) is 2.34. The van der Waals surface area contributed by atoms with Gasteiger partial charge in [0.25, 0.3) is 0 Å². The van der Waals surface area contributed by atoms with Crippen LogP contribution in [-0.2, 0) is 14.6 Å². The number of rotatable bonds is 7. The average molecular weight is 481 g/mol. The molecule has 25 heavy (non-hydrogen) atoms. The number of sulfone groups is 1. The zero-order valence-corrected chi connectivity index (χ0v) is 18.0. The second-order valence-corrected chi connectivity index (χ2v) is 8.32. The highest BCUT2D eigenvalue weighted by molar-refractivity contribution is 14.0. The van der Waals surface area contributed by atoms with Crippen molar-refractivity contribution in [2.75, 3.05) is 51.9 Å². The number of nitrogens with zero attached hydrogens (tertiary/aromatic N) is 2. The van der Waals surface area contributed by atoms with E-state index in [1.54, 1.807) is 7.05 Å². The summed E-state index contributed by atoms with van der Waals surface area (Å²) in [7, 11) is -1.17. The first-order valence-corrected chi connectivity index (χ1v) is 10.3. The van der Waals surface area contributed by atoms with Gasteiger partial charge in [0.1, 0.15) is 9.84 Å². The van der Waals surface area contributed by atoms with Crippen LogP contribution in [0.1, 0.15) is 17.9 Å². The lowest BCUT2D eigenvalue weighted by Gasteiger charge is -2.21. The van der Waals surface area contributed by atoms with E-state index in [1.165, 1.54) is 11.8 Å². The van der Waals surface area contributed by atoms with Gasteiger partial charge in [0.2, 0.25) is 0 Å². The third kappa shape index (κ3) is 7.91. The van der Waals surface area contributed by atoms with Crippen LogP contribution in [0.2, 0.25) is 0 Å². The van der Waals surface area contributed by atoms with Gasteiger partial charge < -0.3 is 15.0 Å². The normalized spacial score (nSPS) is 18.1. The van der Waals surface area contributed by atoms with Crippen molar-refractivity contribution in [2.45, 2.75) is 12.3 Å². The Bertz CT molecular complexity index is 638. The zero-order valence-electron chi connectivity index (χ0n) is 14.8. The fourth-order valence-corrected chi connectivity index (χ4v) is 3.25. The molecule has 1 saturated heterocycles. The molecule has 0 radical (unpaired) electrons. The molecule has 0 aliphatic carbocycles. The van der Waals surface area contributed by atoms with E-state index in [4.69, 9.17) is 4.74 Å². The van der Waals surface area contributed by atoms with E-state index in [0.717, 1.165) is 25.5 Å². The lowest BCUT2D eigenvalue weighted by molar-refractivity contribution is 0.153. The minimum absolute atomic E-state index is 0. The summed E-state index contributed by atoms with van der Waals surface area (Å²) in [4.78, 5) is 6.59. The van der Waals surface area contributed by atoms with Crippen LogP contribution in [0.25, 0.3) is 0 Å². The summed E-state index contributed by atoms with van der Waals surface area (Å²) < 4.78 is 27.4. The molecule has 1 aromatic rings. The highest BCUT2D eigenvalue weighted by Gasteiger charge is 2.25. The first-order chi connectivity index (χ1) is 11.5. The summed E-state index contributed by atoms with van der Waals surface area (Å²) in [5.41, 5.74) is 1.37. The fourth-order valence-electron chi connectivity index (χ4n) is 2.83. The van der Waals surface area contributed by atoms with Crippen molar-refractivity contribution in [3.63, 3.8) is 0 Å².